The van der Waals surface area contributed by atoms with E-state index in [1.165, 1.54) is 11.3 Å². The van der Waals surface area contributed by atoms with E-state index in [9.17, 15) is 4.79 Å². The number of thiophene rings is 1. The summed E-state index contributed by atoms with van der Waals surface area (Å²) in [5.41, 5.74) is 7.98. The molecule has 1 fully saturated rings. The van der Waals surface area contributed by atoms with E-state index in [-0.39, 0.29) is 19.3 Å². The third-order valence-electron chi connectivity index (χ3n) is 4.63. The Balaban J connectivity index is 0.00000146. The maximum Gasteiger partial charge on any atom is 0.348 e. The first-order valence-electron chi connectivity index (χ1n) is 10.2. The Kier molecular flexibility index (Phi) is 12.0. The van der Waals surface area contributed by atoms with E-state index in [4.69, 9.17) is 26.8 Å². The molecular formula is C23H35ClN2O3S. The van der Waals surface area contributed by atoms with Gasteiger partial charge in [-0.3, -0.25) is 0 Å². The second-order valence-electron chi connectivity index (χ2n) is 6.37. The Hall–Kier alpha value is -1.60. The highest BCUT2D eigenvalue weighted by Crippen LogP contribution is 2.39. The van der Waals surface area contributed by atoms with Crippen molar-refractivity contribution in [1.29, 1.82) is 0 Å². The van der Waals surface area contributed by atoms with Gasteiger partial charge < -0.3 is 20.1 Å². The van der Waals surface area contributed by atoms with Gasteiger partial charge in [-0.25, -0.2) is 4.79 Å². The second kappa shape index (κ2) is 13.7. The predicted molar refractivity (Wildman–Crippen MR) is 128 cm³/mol. The quantitative estimate of drug-likeness (QED) is 0.555. The highest BCUT2D eigenvalue weighted by atomic mass is 35.5. The Labute approximate surface area is 190 Å². The topological polar surface area (TPSA) is 64.8 Å². The molecular weight excluding hydrogens is 420 g/mol. The largest absolute Gasteiger partial charge is 0.462 e. The summed E-state index contributed by atoms with van der Waals surface area (Å²) < 4.78 is 10.8. The summed E-state index contributed by atoms with van der Waals surface area (Å²) in [5, 5.41) is 1.77. The van der Waals surface area contributed by atoms with Crippen molar-refractivity contribution in [3.63, 3.8) is 0 Å². The van der Waals surface area contributed by atoms with Gasteiger partial charge in [0.05, 0.1) is 24.8 Å². The molecule has 1 aliphatic heterocycles. The zero-order valence-electron chi connectivity index (χ0n) is 17.4. The molecule has 0 radical (unpaired) electrons. The molecule has 1 saturated heterocycles. The van der Waals surface area contributed by atoms with Crippen LogP contribution in [0, 0.1) is 0 Å². The van der Waals surface area contributed by atoms with Gasteiger partial charge in [-0.05, 0) is 49.2 Å². The number of ether oxygens (including phenoxy) is 2. The van der Waals surface area contributed by atoms with E-state index >= 15 is 0 Å². The third-order valence-corrected chi connectivity index (χ3v) is 6.08. The van der Waals surface area contributed by atoms with Gasteiger partial charge in [-0.2, -0.15) is 0 Å². The number of nitrogens with zero attached hydrogens (tertiary/aromatic N) is 1. The average Bonchev–Trinajstić information content (AvgIpc) is 3.20. The van der Waals surface area contributed by atoms with Gasteiger partial charge in [-0.1, -0.05) is 45.0 Å². The van der Waals surface area contributed by atoms with Crippen LogP contribution >= 0.6 is 22.9 Å². The number of carbonyl (C=O) groups excluding carboxylic acids is 1. The zero-order chi connectivity index (χ0) is 21.2. The number of nitrogens with two attached hydrogens (primary N) is 1. The minimum atomic E-state index is -0.270. The summed E-state index contributed by atoms with van der Waals surface area (Å²) in [6, 6.07) is 9.88. The normalized spacial score (nSPS) is 14.2. The highest BCUT2D eigenvalue weighted by molar-refractivity contribution is 7.18. The monoisotopic (exact) mass is 454 g/mol. The Morgan fingerprint density at radius 2 is 1.90 bits per heavy atom. The summed E-state index contributed by atoms with van der Waals surface area (Å²) in [7, 11) is 0. The number of benzene rings is 1. The van der Waals surface area contributed by atoms with Crippen LogP contribution in [0.2, 0.25) is 5.02 Å². The fraction of sp³-hybridized carbons (Fsp3) is 0.522. The predicted octanol–water partition coefficient (Wildman–Crippen LogP) is 5.56. The van der Waals surface area contributed by atoms with Crippen molar-refractivity contribution < 1.29 is 14.3 Å². The van der Waals surface area contributed by atoms with E-state index in [1.54, 1.807) is 0 Å². The van der Waals surface area contributed by atoms with Crippen molar-refractivity contribution in [1.82, 2.24) is 0 Å². The number of rotatable bonds is 7. The Morgan fingerprint density at radius 1 is 1.27 bits per heavy atom. The minimum Gasteiger partial charge on any atom is -0.462 e. The van der Waals surface area contributed by atoms with Gasteiger partial charge in [0, 0.05) is 24.0 Å². The molecule has 0 saturated carbocycles. The Bertz CT molecular complexity index is 758. The molecule has 30 heavy (non-hydrogen) atoms. The molecule has 0 amide bonds. The summed E-state index contributed by atoms with van der Waals surface area (Å²) >= 11 is 7.55. The van der Waals surface area contributed by atoms with Crippen LogP contribution < -0.4 is 10.6 Å². The van der Waals surface area contributed by atoms with E-state index in [1.807, 2.05) is 45.0 Å². The van der Waals surface area contributed by atoms with E-state index in [2.05, 4.69) is 11.0 Å². The second-order valence-corrected chi connectivity index (χ2v) is 7.84. The van der Waals surface area contributed by atoms with Crippen LogP contribution in [0.4, 0.5) is 5.00 Å². The van der Waals surface area contributed by atoms with Crippen molar-refractivity contribution in [2.24, 2.45) is 5.73 Å². The number of anilines is 1. The van der Waals surface area contributed by atoms with Crippen LogP contribution in [0.5, 0.6) is 0 Å². The van der Waals surface area contributed by atoms with E-state index in [0.29, 0.717) is 36.3 Å². The molecule has 3 rings (SSSR count). The number of halogens is 1. The van der Waals surface area contributed by atoms with Crippen LogP contribution in [0.1, 0.15) is 61.3 Å². The van der Waals surface area contributed by atoms with Crippen LogP contribution in [-0.4, -0.2) is 45.4 Å². The first kappa shape index (κ1) is 26.4. The molecule has 1 unspecified atom stereocenters. The number of morpholine rings is 1. The molecule has 1 atom stereocenters. The van der Waals surface area contributed by atoms with Gasteiger partial charge in [-0.15, -0.1) is 11.3 Å². The maximum atomic E-state index is 12.6. The Morgan fingerprint density at radius 3 is 2.47 bits per heavy atom. The zero-order valence-corrected chi connectivity index (χ0v) is 19.0. The van der Waals surface area contributed by atoms with Gasteiger partial charge in [0.15, 0.2) is 0 Å². The fourth-order valence-electron chi connectivity index (χ4n) is 3.31. The fourth-order valence-corrected chi connectivity index (χ4v) is 4.60. The third kappa shape index (κ3) is 6.71. The molecule has 0 aliphatic carbocycles. The molecule has 1 aromatic carbocycles. The lowest BCUT2D eigenvalue weighted by atomic mass is 9.88. The lowest BCUT2D eigenvalue weighted by molar-refractivity contribution is 0.0530. The number of hydrogen-bond donors (Lipinski definition) is 1. The highest BCUT2D eigenvalue weighted by Gasteiger charge is 2.27. The van der Waals surface area contributed by atoms with Crippen molar-refractivity contribution in [3.05, 3.63) is 51.4 Å². The molecule has 1 aromatic heterocycles. The summed E-state index contributed by atoms with van der Waals surface area (Å²) in [6.07, 6.45) is 0.743. The molecule has 168 valence electrons. The van der Waals surface area contributed by atoms with Crippen molar-refractivity contribution in [2.45, 2.75) is 40.5 Å². The van der Waals surface area contributed by atoms with E-state index < -0.39 is 0 Å². The number of hydrogen-bond acceptors (Lipinski definition) is 6. The smallest absolute Gasteiger partial charge is 0.348 e. The minimum absolute atomic E-state index is 0. The summed E-state index contributed by atoms with van der Waals surface area (Å²) in [5.74, 6) is -0.245. The first-order valence-corrected chi connectivity index (χ1v) is 11.4. The standard InChI is InChI=1S/C20H25ClN2O3S.C2H6.CH4/c1-2-26-20(24)19-17(13-18(27-19)23-9-11-25-12-10-23)16(7-8-22)14-3-5-15(21)6-4-14;1-2;/h3-6,13,16H,2,7-12,22H2,1H3;1-2H3;1H4. The first-order chi connectivity index (χ1) is 14.1. The van der Waals surface area contributed by atoms with E-state index in [0.717, 1.165) is 35.6 Å². The number of carbonyl (C=O) groups is 1. The van der Waals surface area contributed by atoms with Gasteiger partial charge >= 0.3 is 5.97 Å². The number of esters is 1. The van der Waals surface area contributed by atoms with Gasteiger partial charge in [0.2, 0.25) is 0 Å². The van der Waals surface area contributed by atoms with Crippen LogP contribution in [0.3, 0.4) is 0 Å². The lowest BCUT2D eigenvalue weighted by Crippen LogP contribution is -2.35. The summed E-state index contributed by atoms with van der Waals surface area (Å²) in [6.45, 7) is 9.75. The van der Waals surface area contributed by atoms with Gasteiger partial charge in [0.1, 0.15) is 4.88 Å². The molecule has 0 spiro atoms. The molecule has 2 heterocycles. The summed E-state index contributed by atoms with van der Waals surface area (Å²) in [4.78, 5) is 15.6. The molecule has 2 N–H and O–H groups in total. The molecule has 7 heteroatoms. The molecule has 0 bridgehead atoms. The maximum absolute atomic E-state index is 12.6. The van der Waals surface area contributed by atoms with Crippen molar-refractivity contribution in [3.8, 4) is 0 Å². The van der Waals surface area contributed by atoms with Crippen molar-refractivity contribution >= 4 is 33.9 Å². The lowest BCUT2D eigenvalue weighted by Gasteiger charge is -2.27. The van der Waals surface area contributed by atoms with Crippen LogP contribution in [-0.2, 0) is 9.47 Å². The molecule has 5 nitrogen and oxygen atoms in total. The average molecular weight is 455 g/mol. The molecule has 2 aromatic rings. The van der Waals surface area contributed by atoms with Crippen LogP contribution in [0.25, 0.3) is 0 Å². The van der Waals surface area contributed by atoms with Crippen LogP contribution in [0.15, 0.2) is 30.3 Å². The molecule has 1 aliphatic rings. The van der Waals surface area contributed by atoms with Crippen molar-refractivity contribution in [2.75, 3.05) is 44.4 Å². The van der Waals surface area contributed by atoms with Gasteiger partial charge in [0.25, 0.3) is 0 Å². The SMILES string of the molecule is C.CC.CCOC(=O)c1sc(N2CCOCC2)cc1C(CCN)c1ccc(Cl)cc1.